The molecule has 4 saturated carbocycles. The maximum Gasteiger partial charge on any atom is 0.321 e. The largest absolute Gasteiger partial charge is 0.349 e. The number of thiophene rings is 1. The Morgan fingerprint density at radius 2 is 1.69 bits per heavy atom. The fourth-order valence-corrected chi connectivity index (χ4v) is 7.65. The summed E-state index contributed by atoms with van der Waals surface area (Å²) in [5.74, 6) is 1.97. The summed E-state index contributed by atoms with van der Waals surface area (Å²) in [4.78, 5) is 39.8. The van der Waals surface area contributed by atoms with Gasteiger partial charge < -0.3 is 10.6 Å². The number of carbonyl (C=O) groups excluding carboxylic acids is 3. The van der Waals surface area contributed by atoms with E-state index in [9.17, 15) is 14.4 Å². The van der Waals surface area contributed by atoms with E-state index in [1.54, 1.807) is 0 Å². The van der Waals surface area contributed by atoms with Gasteiger partial charge in [-0.15, -0.1) is 0 Å². The first-order valence-corrected chi connectivity index (χ1v) is 13.0. The maximum atomic E-state index is 12.8. The molecule has 1 aromatic heterocycles. The lowest BCUT2D eigenvalue weighted by Gasteiger charge is -2.56. The van der Waals surface area contributed by atoms with E-state index in [0.29, 0.717) is 5.56 Å². The van der Waals surface area contributed by atoms with Gasteiger partial charge in [-0.25, -0.2) is 4.79 Å². The predicted molar refractivity (Wildman–Crippen MR) is 123 cm³/mol. The lowest BCUT2D eigenvalue weighted by Crippen LogP contribution is -2.62. The molecule has 1 aliphatic heterocycles. The van der Waals surface area contributed by atoms with Crippen LogP contribution in [-0.2, 0) is 4.79 Å². The van der Waals surface area contributed by atoms with Crippen LogP contribution in [0.4, 0.5) is 4.79 Å². The molecule has 5 aliphatic rings. The number of imide groups is 1. The van der Waals surface area contributed by atoms with Crippen molar-refractivity contribution >= 4 is 29.2 Å². The lowest BCUT2D eigenvalue weighted by molar-refractivity contribution is -0.125. The highest BCUT2D eigenvalue weighted by molar-refractivity contribution is 7.08. The summed E-state index contributed by atoms with van der Waals surface area (Å²) in [6.07, 6.45) is 8.77. The van der Waals surface area contributed by atoms with Crippen molar-refractivity contribution in [1.29, 1.82) is 0 Å². The SMILES string of the molecule is CC(C(=O)NC(=O)NC12CC3CC(CC(C3)C1)C2)N1CCC(NC(=O)c2ccsc2)CC1. The van der Waals surface area contributed by atoms with Crippen molar-refractivity contribution in [2.45, 2.75) is 75.9 Å². The van der Waals surface area contributed by atoms with Crippen molar-refractivity contribution < 1.29 is 14.4 Å². The number of hydrogen-bond acceptors (Lipinski definition) is 5. The molecule has 32 heavy (non-hydrogen) atoms. The third-order valence-corrected chi connectivity index (χ3v) is 8.91. The summed E-state index contributed by atoms with van der Waals surface area (Å²) in [6.45, 7) is 3.30. The zero-order chi connectivity index (χ0) is 22.3. The van der Waals surface area contributed by atoms with E-state index in [2.05, 4.69) is 20.9 Å². The molecule has 2 heterocycles. The number of piperidine rings is 1. The average molecular weight is 459 g/mol. The first-order valence-electron chi connectivity index (χ1n) is 12.1. The fourth-order valence-electron chi connectivity index (χ4n) is 7.01. The summed E-state index contributed by atoms with van der Waals surface area (Å²) in [7, 11) is 0. The van der Waals surface area contributed by atoms with Crippen LogP contribution in [0.25, 0.3) is 0 Å². The molecule has 0 radical (unpaired) electrons. The van der Waals surface area contributed by atoms with Gasteiger partial charge in [-0.3, -0.25) is 19.8 Å². The van der Waals surface area contributed by atoms with Crippen LogP contribution in [0.15, 0.2) is 16.8 Å². The molecule has 0 aromatic carbocycles. The van der Waals surface area contributed by atoms with Gasteiger partial charge in [-0.1, -0.05) is 0 Å². The van der Waals surface area contributed by atoms with Crippen LogP contribution in [0.3, 0.4) is 0 Å². The summed E-state index contributed by atoms with van der Waals surface area (Å²) in [5.41, 5.74) is 0.608. The molecule has 1 saturated heterocycles. The Morgan fingerprint density at radius 1 is 1.06 bits per heavy atom. The molecular formula is C24H34N4O3S. The normalized spacial score (nSPS) is 33.0. The highest BCUT2D eigenvalue weighted by atomic mass is 32.1. The van der Waals surface area contributed by atoms with E-state index in [4.69, 9.17) is 0 Å². The molecule has 1 aromatic rings. The number of urea groups is 1. The standard InChI is InChI=1S/C24H34N4O3S/c1-15(28-5-2-20(3-6-28)25-22(30)19-4-7-32-14-19)21(29)26-23(31)27-24-11-16-8-17(12-24)10-18(9-16)13-24/h4,7,14-18,20H,2-3,5-6,8-13H2,1H3,(H,25,30)(H2,26,27,29,31). The van der Waals surface area contributed by atoms with Crippen molar-refractivity contribution in [2.24, 2.45) is 17.8 Å². The Balaban J connectivity index is 1.08. The van der Waals surface area contributed by atoms with E-state index < -0.39 is 0 Å². The van der Waals surface area contributed by atoms with Gasteiger partial charge in [0.15, 0.2) is 0 Å². The first-order chi connectivity index (χ1) is 15.4. The van der Waals surface area contributed by atoms with Crippen molar-refractivity contribution in [3.05, 3.63) is 22.4 Å². The van der Waals surface area contributed by atoms with Crippen molar-refractivity contribution in [1.82, 2.24) is 20.9 Å². The second-order valence-electron chi connectivity index (χ2n) is 10.6. The zero-order valence-corrected chi connectivity index (χ0v) is 19.6. The average Bonchev–Trinajstić information content (AvgIpc) is 3.27. The number of carbonyl (C=O) groups is 3. The number of hydrogen-bond donors (Lipinski definition) is 3. The topological polar surface area (TPSA) is 90.5 Å². The molecule has 6 rings (SSSR count). The summed E-state index contributed by atoms with van der Waals surface area (Å²) in [6, 6.07) is 1.25. The number of nitrogens with zero attached hydrogens (tertiary/aromatic N) is 1. The van der Waals surface area contributed by atoms with E-state index in [-0.39, 0.29) is 35.5 Å². The summed E-state index contributed by atoms with van der Waals surface area (Å²) in [5, 5.41) is 12.7. The molecule has 7 nitrogen and oxygen atoms in total. The van der Waals surface area contributed by atoms with Gasteiger partial charge in [0.05, 0.1) is 6.04 Å². The molecule has 8 heteroatoms. The van der Waals surface area contributed by atoms with Gasteiger partial charge in [-0.05, 0) is 87.5 Å². The number of amides is 4. The minimum atomic E-state index is -0.370. The number of nitrogens with one attached hydrogen (secondary N) is 3. The fraction of sp³-hybridized carbons (Fsp3) is 0.708. The lowest BCUT2D eigenvalue weighted by atomic mass is 9.53. The van der Waals surface area contributed by atoms with Gasteiger partial charge in [0.1, 0.15) is 0 Å². The second kappa shape index (κ2) is 8.78. The highest BCUT2D eigenvalue weighted by Gasteiger charge is 2.51. The number of rotatable bonds is 5. The van der Waals surface area contributed by atoms with Crippen molar-refractivity contribution in [3.63, 3.8) is 0 Å². The Kier molecular flexibility index (Phi) is 6.01. The Hall–Kier alpha value is -1.93. The molecule has 1 atom stereocenters. The Morgan fingerprint density at radius 3 is 2.25 bits per heavy atom. The Bertz CT molecular complexity index is 827. The smallest absolute Gasteiger partial charge is 0.321 e. The van der Waals surface area contributed by atoms with Gasteiger partial charge in [0, 0.05) is 35.6 Å². The van der Waals surface area contributed by atoms with Gasteiger partial charge in [0.2, 0.25) is 5.91 Å². The summed E-state index contributed by atoms with van der Waals surface area (Å²) >= 11 is 1.51. The number of likely N-dealkylation sites (tertiary alicyclic amines) is 1. The first kappa shape index (κ1) is 21.9. The molecule has 4 bridgehead atoms. The minimum absolute atomic E-state index is 0.0307. The van der Waals surface area contributed by atoms with Crippen LogP contribution >= 0.6 is 11.3 Å². The van der Waals surface area contributed by atoms with Crippen LogP contribution in [0.1, 0.15) is 68.6 Å². The van der Waals surface area contributed by atoms with Crippen molar-refractivity contribution in [2.75, 3.05) is 13.1 Å². The molecular weight excluding hydrogens is 424 g/mol. The zero-order valence-electron chi connectivity index (χ0n) is 18.8. The molecule has 174 valence electrons. The van der Waals surface area contributed by atoms with Crippen molar-refractivity contribution in [3.8, 4) is 0 Å². The van der Waals surface area contributed by atoms with Crippen LogP contribution in [-0.4, -0.2) is 53.5 Å². The molecule has 0 spiro atoms. The van der Waals surface area contributed by atoms with E-state index in [0.717, 1.165) is 62.9 Å². The van der Waals surface area contributed by atoms with Gasteiger partial charge in [0.25, 0.3) is 5.91 Å². The Labute approximate surface area is 193 Å². The maximum absolute atomic E-state index is 12.8. The quantitative estimate of drug-likeness (QED) is 0.632. The minimum Gasteiger partial charge on any atom is -0.349 e. The van der Waals surface area contributed by atoms with Crippen LogP contribution < -0.4 is 16.0 Å². The summed E-state index contributed by atoms with van der Waals surface area (Å²) < 4.78 is 0. The third-order valence-electron chi connectivity index (χ3n) is 8.23. The van der Waals surface area contributed by atoms with Gasteiger partial charge >= 0.3 is 6.03 Å². The molecule has 3 N–H and O–H groups in total. The molecule has 4 amide bonds. The van der Waals surface area contributed by atoms with Crippen LogP contribution in [0, 0.1) is 17.8 Å². The van der Waals surface area contributed by atoms with Crippen LogP contribution in [0.5, 0.6) is 0 Å². The monoisotopic (exact) mass is 458 g/mol. The molecule has 4 aliphatic carbocycles. The second-order valence-corrected chi connectivity index (χ2v) is 11.4. The third kappa shape index (κ3) is 4.57. The predicted octanol–water partition coefficient (Wildman–Crippen LogP) is 3.13. The molecule has 5 fully saturated rings. The highest BCUT2D eigenvalue weighted by Crippen LogP contribution is 2.55. The van der Waals surface area contributed by atoms with E-state index in [1.165, 1.54) is 30.6 Å². The van der Waals surface area contributed by atoms with Crippen LogP contribution in [0.2, 0.25) is 0 Å². The van der Waals surface area contributed by atoms with E-state index in [1.807, 2.05) is 23.8 Å². The molecule has 1 unspecified atom stereocenters. The van der Waals surface area contributed by atoms with Gasteiger partial charge in [-0.2, -0.15) is 11.3 Å². The van der Waals surface area contributed by atoms with E-state index >= 15 is 0 Å².